The molecule has 20 heavy (non-hydrogen) atoms. The number of hydrogen-bond donors (Lipinski definition) is 0. The maximum Gasteiger partial charge on any atom is 0.508 e. The minimum atomic E-state index is -0.487. The number of carbonyl (C=O) groups excluding carboxylic acids is 1. The van der Waals surface area contributed by atoms with E-state index in [9.17, 15) is 4.79 Å². The van der Waals surface area contributed by atoms with E-state index in [4.69, 9.17) is 9.47 Å². The summed E-state index contributed by atoms with van der Waals surface area (Å²) in [7, 11) is 0. The van der Waals surface area contributed by atoms with Gasteiger partial charge >= 0.3 is 6.16 Å². The fraction of sp³-hybridized carbons (Fsp3) is 0.938. The van der Waals surface area contributed by atoms with Crippen LogP contribution in [0.25, 0.3) is 0 Å². The fourth-order valence-electron chi connectivity index (χ4n) is 5.33. The van der Waals surface area contributed by atoms with Crippen LogP contribution >= 0.6 is 15.9 Å². The standard InChI is InChI=1S/C16H25BrO3/c1-14(2)10-5-8-16(4)11(9-19-13(18)20-16)15(10,3)7-6-12(14)17/h10-12H,5-9H2,1-4H3/t10-,11+,12-,15-,16+/m0/s1. The highest BCUT2D eigenvalue weighted by Gasteiger charge is 2.63. The van der Waals surface area contributed by atoms with Crippen LogP contribution in [-0.4, -0.2) is 23.2 Å². The van der Waals surface area contributed by atoms with Gasteiger partial charge in [-0.05, 0) is 49.4 Å². The highest BCUT2D eigenvalue weighted by atomic mass is 79.9. The van der Waals surface area contributed by atoms with Gasteiger partial charge in [-0.25, -0.2) is 4.79 Å². The van der Waals surface area contributed by atoms with Gasteiger partial charge in [0.15, 0.2) is 0 Å². The molecule has 0 aromatic carbocycles. The maximum atomic E-state index is 11.5. The molecule has 3 fully saturated rings. The Morgan fingerprint density at radius 2 is 1.80 bits per heavy atom. The van der Waals surface area contributed by atoms with Gasteiger partial charge in [-0.15, -0.1) is 0 Å². The van der Waals surface area contributed by atoms with Crippen molar-refractivity contribution in [3.8, 4) is 0 Å². The highest BCUT2D eigenvalue weighted by Crippen LogP contribution is 2.64. The van der Waals surface area contributed by atoms with E-state index in [-0.39, 0.29) is 16.4 Å². The van der Waals surface area contributed by atoms with Crippen LogP contribution in [0.15, 0.2) is 0 Å². The van der Waals surface area contributed by atoms with Crippen molar-refractivity contribution in [1.29, 1.82) is 0 Å². The molecule has 0 bridgehead atoms. The molecule has 4 heteroatoms. The monoisotopic (exact) mass is 344 g/mol. The summed E-state index contributed by atoms with van der Waals surface area (Å²) in [6.45, 7) is 9.78. The van der Waals surface area contributed by atoms with E-state index >= 15 is 0 Å². The molecule has 2 saturated carbocycles. The first-order chi connectivity index (χ1) is 9.20. The second-order valence-electron chi connectivity index (χ2n) is 7.95. The summed E-state index contributed by atoms with van der Waals surface area (Å²) in [5.74, 6) is 0.956. The average Bonchev–Trinajstić information content (AvgIpc) is 2.33. The number of alkyl halides is 1. The largest absolute Gasteiger partial charge is 0.508 e. The number of rotatable bonds is 0. The smallest absolute Gasteiger partial charge is 0.434 e. The molecule has 0 N–H and O–H groups in total. The molecule has 0 aromatic rings. The number of ether oxygens (including phenoxy) is 2. The zero-order valence-corrected chi connectivity index (χ0v) is 14.5. The molecule has 1 saturated heterocycles. The van der Waals surface area contributed by atoms with E-state index in [1.165, 1.54) is 12.8 Å². The van der Waals surface area contributed by atoms with Crippen LogP contribution in [-0.2, 0) is 9.47 Å². The van der Waals surface area contributed by atoms with E-state index < -0.39 is 6.16 Å². The Kier molecular flexibility index (Phi) is 3.21. The molecule has 0 amide bonds. The van der Waals surface area contributed by atoms with Crippen LogP contribution in [0.5, 0.6) is 0 Å². The van der Waals surface area contributed by atoms with Crippen molar-refractivity contribution in [2.45, 2.75) is 63.8 Å². The van der Waals surface area contributed by atoms with E-state index in [2.05, 4.69) is 43.6 Å². The van der Waals surface area contributed by atoms with E-state index in [0.717, 1.165) is 12.8 Å². The third kappa shape index (κ3) is 1.86. The molecule has 0 aromatic heterocycles. The number of carbonyl (C=O) groups is 1. The second-order valence-corrected chi connectivity index (χ2v) is 9.06. The van der Waals surface area contributed by atoms with Gasteiger partial charge < -0.3 is 9.47 Å². The molecule has 0 spiro atoms. The van der Waals surface area contributed by atoms with Gasteiger partial charge in [-0.1, -0.05) is 36.7 Å². The third-order valence-corrected chi connectivity index (χ3v) is 8.22. The van der Waals surface area contributed by atoms with Crippen molar-refractivity contribution in [1.82, 2.24) is 0 Å². The lowest BCUT2D eigenvalue weighted by molar-refractivity contribution is -0.213. The van der Waals surface area contributed by atoms with Crippen molar-refractivity contribution in [2.24, 2.45) is 22.7 Å². The van der Waals surface area contributed by atoms with Gasteiger partial charge in [0.25, 0.3) is 0 Å². The topological polar surface area (TPSA) is 35.5 Å². The van der Waals surface area contributed by atoms with Gasteiger partial charge in [-0.2, -0.15) is 0 Å². The molecular weight excluding hydrogens is 320 g/mol. The predicted octanol–water partition coefficient (Wildman–Crippen LogP) is 4.53. The minimum absolute atomic E-state index is 0.196. The lowest BCUT2D eigenvalue weighted by Crippen LogP contribution is -2.63. The molecule has 1 aliphatic heterocycles. The summed E-state index contributed by atoms with van der Waals surface area (Å²) in [6, 6.07) is 0. The van der Waals surface area contributed by atoms with Gasteiger partial charge in [-0.3, -0.25) is 0 Å². The molecule has 5 atom stereocenters. The Hall–Kier alpha value is -0.250. The Morgan fingerprint density at radius 3 is 2.50 bits per heavy atom. The summed E-state index contributed by atoms with van der Waals surface area (Å²) in [5, 5.41) is 0. The fourth-order valence-corrected chi connectivity index (χ4v) is 5.88. The van der Waals surface area contributed by atoms with Gasteiger partial charge in [0.05, 0.1) is 0 Å². The Labute approximate surface area is 129 Å². The van der Waals surface area contributed by atoms with E-state index in [0.29, 0.717) is 23.3 Å². The maximum absolute atomic E-state index is 11.5. The summed E-state index contributed by atoms with van der Waals surface area (Å²) in [5.41, 5.74) is 0.132. The second kappa shape index (κ2) is 4.37. The number of cyclic esters (lactones) is 1. The van der Waals surface area contributed by atoms with Crippen LogP contribution < -0.4 is 0 Å². The molecule has 2 aliphatic carbocycles. The average molecular weight is 345 g/mol. The van der Waals surface area contributed by atoms with Gasteiger partial charge in [0.1, 0.15) is 12.2 Å². The highest BCUT2D eigenvalue weighted by molar-refractivity contribution is 9.09. The van der Waals surface area contributed by atoms with E-state index in [1.54, 1.807) is 0 Å². The lowest BCUT2D eigenvalue weighted by atomic mass is 9.45. The molecule has 0 radical (unpaired) electrons. The number of fused-ring (bicyclic) bond motifs is 3. The quantitative estimate of drug-likeness (QED) is 0.478. The number of hydrogen-bond acceptors (Lipinski definition) is 3. The van der Waals surface area contributed by atoms with Crippen molar-refractivity contribution in [3.63, 3.8) is 0 Å². The van der Waals surface area contributed by atoms with Crippen LogP contribution in [0.1, 0.15) is 53.4 Å². The van der Waals surface area contributed by atoms with Crippen molar-refractivity contribution < 1.29 is 14.3 Å². The minimum Gasteiger partial charge on any atom is -0.434 e. The molecule has 1 heterocycles. The molecule has 3 rings (SSSR count). The zero-order valence-electron chi connectivity index (χ0n) is 12.9. The summed E-state index contributed by atoms with van der Waals surface area (Å²) < 4.78 is 10.9. The van der Waals surface area contributed by atoms with Crippen LogP contribution in [0.2, 0.25) is 0 Å². The van der Waals surface area contributed by atoms with Crippen LogP contribution in [0, 0.1) is 22.7 Å². The van der Waals surface area contributed by atoms with Crippen LogP contribution in [0.3, 0.4) is 0 Å². The first-order valence-corrected chi connectivity index (χ1v) is 8.61. The van der Waals surface area contributed by atoms with Crippen molar-refractivity contribution in [2.75, 3.05) is 6.61 Å². The van der Waals surface area contributed by atoms with Crippen molar-refractivity contribution >= 4 is 22.1 Å². The lowest BCUT2D eigenvalue weighted by Gasteiger charge is -2.63. The van der Waals surface area contributed by atoms with Gasteiger partial charge in [0.2, 0.25) is 0 Å². The normalized spacial score (nSPS) is 50.5. The zero-order chi connectivity index (χ0) is 14.8. The Bertz CT molecular complexity index is 435. The van der Waals surface area contributed by atoms with Crippen molar-refractivity contribution in [3.05, 3.63) is 0 Å². The Balaban J connectivity index is 1.97. The predicted molar refractivity (Wildman–Crippen MR) is 80.9 cm³/mol. The first-order valence-electron chi connectivity index (χ1n) is 7.70. The SMILES string of the molecule is CC1(C)[C@@H](Br)CC[C@]2(C)[C@H]3COC(=O)O[C@]3(C)CC[C@@H]12. The van der Waals surface area contributed by atoms with E-state index in [1.807, 2.05) is 0 Å². The van der Waals surface area contributed by atoms with Gasteiger partial charge in [0, 0.05) is 10.7 Å². The number of halogens is 1. The molecule has 3 aliphatic rings. The third-order valence-electron chi connectivity index (χ3n) is 6.58. The summed E-state index contributed by atoms with van der Waals surface area (Å²) in [6.07, 6.45) is 3.96. The molecule has 114 valence electrons. The summed E-state index contributed by atoms with van der Waals surface area (Å²) >= 11 is 3.89. The molecular formula is C16H25BrO3. The van der Waals surface area contributed by atoms with Crippen LogP contribution in [0.4, 0.5) is 4.79 Å². The Morgan fingerprint density at radius 1 is 1.10 bits per heavy atom. The summed E-state index contributed by atoms with van der Waals surface area (Å²) in [4.78, 5) is 12.1. The molecule has 0 unspecified atom stereocenters. The molecule has 3 nitrogen and oxygen atoms in total. The first kappa shape index (κ1) is 14.7.